The smallest absolute Gasteiger partial charge is 0.123 e. The van der Waals surface area contributed by atoms with E-state index in [1.807, 2.05) is 0 Å². The zero-order valence-electron chi connectivity index (χ0n) is 10.6. The molecule has 0 spiro atoms. The van der Waals surface area contributed by atoms with Crippen molar-refractivity contribution >= 4 is 0 Å². The molecular formula is C14H21NO. The molecule has 0 fully saturated rings. The second-order valence-electron chi connectivity index (χ2n) is 5.35. The molecule has 0 bridgehead atoms. The fourth-order valence-electron chi connectivity index (χ4n) is 2.70. The maximum Gasteiger partial charge on any atom is 0.123 e. The summed E-state index contributed by atoms with van der Waals surface area (Å²) in [5.74, 6) is 1.29. The van der Waals surface area contributed by atoms with Crippen LogP contribution in [0.15, 0.2) is 18.2 Å². The molecule has 0 radical (unpaired) electrons. The van der Waals surface area contributed by atoms with Gasteiger partial charge >= 0.3 is 0 Å². The Kier molecular flexibility index (Phi) is 2.70. The number of ether oxygens (including phenoxy) is 1. The lowest BCUT2D eigenvalue weighted by atomic mass is 9.80. The van der Waals surface area contributed by atoms with Crippen LogP contribution in [-0.2, 0) is 6.42 Å². The van der Waals surface area contributed by atoms with Crippen molar-refractivity contribution < 1.29 is 4.74 Å². The predicted octanol–water partition coefficient (Wildman–Crippen LogP) is 2.85. The molecule has 2 heteroatoms. The molecule has 16 heavy (non-hydrogen) atoms. The molecule has 1 aromatic carbocycles. The Bertz CT molecular complexity index is 392. The molecule has 0 saturated heterocycles. The molecule has 0 saturated carbocycles. The van der Waals surface area contributed by atoms with E-state index in [0.29, 0.717) is 0 Å². The first-order valence-corrected chi connectivity index (χ1v) is 6.02. The van der Waals surface area contributed by atoms with Gasteiger partial charge < -0.3 is 10.5 Å². The Morgan fingerprint density at radius 3 is 2.62 bits per heavy atom. The molecule has 0 amide bonds. The number of benzene rings is 1. The first-order valence-electron chi connectivity index (χ1n) is 6.02. The molecular weight excluding hydrogens is 198 g/mol. The van der Waals surface area contributed by atoms with Gasteiger partial charge in [0.15, 0.2) is 0 Å². The van der Waals surface area contributed by atoms with Crippen molar-refractivity contribution in [3.05, 3.63) is 29.3 Å². The topological polar surface area (TPSA) is 35.2 Å². The first-order chi connectivity index (χ1) is 7.43. The molecule has 2 nitrogen and oxygen atoms in total. The van der Waals surface area contributed by atoms with Crippen molar-refractivity contribution in [3.8, 4) is 5.75 Å². The van der Waals surface area contributed by atoms with Gasteiger partial charge in [-0.2, -0.15) is 0 Å². The molecule has 0 aliphatic carbocycles. The summed E-state index contributed by atoms with van der Waals surface area (Å²) in [4.78, 5) is 0. The lowest BCUT2D eigenvalue weighted by molar-refractivity contribution is 0.190. The summed E-state index contributed by atoms with van der Waals surface area (Å²) < 4.78 is 5.87. The van der Waals surface area contributed by atoms with E-state index in [-0.39, 0.29) is 17.6 Å². The van der Waals surface area contributed by atoms with Crippen LogP contribution in [-0.4, -0.2) is 11.6 Å². The highest BCUT2D eigenvalue weighted by molar-refractivity contribution is 5.45. The van der Waals surface area contributed by atoms with Crippen molar-refractivity contribution in [3.63, 3.8) is 0 Å². The third kappa shape index (κ3) is 1.82. The average molecular weight is 219 g/mol. The number of hydrogen-bond donors (Lipinski definition) is 1. The van der Waals surface area contributed by atoms with Crippen LogP contribution >= 0.6 is 0 Å². The highest BCUT2D eigenvalue weighted by Crippen LogP contribution is 2.43. The second-order valence-corrected chi connectivity index (χ2v) is 5.35. The summed E-state index contributed by atoms with van der Waals surface area (Å²) in [6, 6.07) is 6.46. The molecule has 2 rings (SSSR count). The minimum Gasteiger partial charge on any atom is -0.490 e. The largest absolute Gasteiger partial charge is 0.490 e. The molecule has 1 aliphatic rings. The van der Waals surface area contributed by atoms with E-state index in [4.69, 9.17) is 10.5 Å². The van der Waals surface area contributed by atoms with Crippen LogP contribution in [0.2, 0.25) is 0 Å². The van der Waals surface area contributed by atoms with Gasteiger partial charge in [-0.25, -0.2) is 0 Å². The average Bonchev–Trinajstić information content (AvgIpc) is 2.51. The van der Waals surface area contributed by atoms with E-state index in [2.05, 4.69) is 45.9 Å². The van der Waals surface area contributed by atoms with E-state index >= 15 is 0 Å². The summed E-state index contributed by atoms with van der Waals surface area (Å²) in [5.41, 5.74) is 8.65. The Hall–Kier alpha value is -1.02. The van der Waals surface area contributed by atoms with E-state index in [1.165, 1.54) is 11.1 Å². The van der Waals surface area contributed by atoms with Crippen molar-refractivity contribution in [2.45, 2.75) is 51.7 Å². The SMILES string of the molecule is CCc1ccc2c(c1)[C@@H](C(C)(C)N)C(C)O2. The normalized spacial score (nSPS) is 24.1. The summed E-state index contributed by atoms with van der Waals surface area (Å²) in [6.45, 7) is 8.42. The fourth-order valence-corrected chi connectivity index (χ4v) is 2.70. The Morgan fingerprint density at radius 2 is 2.06 bits per heavy atom. The number of fused-ring (bicyclic) bond motifs is 1. The van der Waals surface area contributed by atoms with Gasteiger partial charge in [0, 0.05) is 17.0 Å². The van der Waals surface area contributed by atoms with Crippen molar-refractivity contribution in [2.24, 2.45) is 5.73 Å². The van der Waals surface area contributed by atoms with E-state index in [1.54, 1.807) is 0 Å². The fraction of sp³-hybridized carbons (Fsp3) is 0.571. The van der Waals surface area contributed by atoms with Crippen LogP contribution < -0.4 is 10.5 Å². The number of aryl methyl sites for hydroxylation is 1. The number of nitrogens with two attached hydrogens (primary N) is 1. The van der Waals surface area contributed by atoms with Gasteiger partial charge in [-0.1, -0.05) is 19.1 Å². The molecule has 1 aliphatic heterocycles. The van der Waals surface area contributed by atoms with Gasteiger partial charge in [0.25, 0.3) is 0 Å². The third-order valence-electron chi connectivity index (χ3n) is 3.40. The maximum absolute atomic E-state index is 6.26. The summed E-state index contributed by atoms with van der Waals surface area (Å²) in [5, 5.41) is 0. The lowest BCUT2D eigenvalue weighted by Crippen LogP contribution is -2.43. The van der Waals surface area contributed by atoms with Crippen molar-refractivity contribution in [2.75, 3.05) is 0 Å². The van der Waals surface area contributed by atoms with E-state index in [0.717, 1.165) is 12.2 Å². The van der Waals surface area contributed by atoms with Crippen LogP contribution in [0.3, 0.4) is 0 Å². The van der Waals surface area contributed by atoms with Crippen LogP contribution in [0, 0.1) is 0 Å². The summed E-state index contributed by atoms with van der Waals surface area (Å²) in [7, 11) is 0. The summed E-state index contributed by atoms with van der Waals surface area (Å²) >= 11 is 0. The van der Waals surface area contributed by atoms with Gasteiger partial charge in [0.2, 0.25) is 0 Å². The molecule has 1 unspecified atom stereocenters. The second kappa shape index (κ2) is 3.77. The standard InChI is InChI=1S/C14H21NO/c1-5-10-6-7-12-11(8-10)13(9(2)16-12)14(3,4)15/h6-9,13H,5,15H2,1-4H3/t9?,13-/m0/s1. The van der Waals surface area contributed by atoms with Crippen LogP contribution in [0.5, 0.6) is 5.75 Å². The van der Waals surface area contributed by atoms with Gasteiger partial charge in [0.05, 0.1) is 0 Å². The summed E-state index contributed by atoms with van der Waals surface area (Å²) in [6.07, 6.45) is 1.22. The Labute approximate surface area is 97.8 Å². The molecule has 2 atom stereocenters. The maximum atomic E-state index is 6.26. The zero-order chi connectivity index (χ0) is 11.9. The van der Waals surface area contributed by atoms with Gasteiger partial charge in [-0.05, 0) is 38.8 Å². The molecule has 1 aromatic rings. The van der Waals surface area contributed by atoms with Gasteiger partial charge in [0.1, 0.15) is 11.9 Å². The van der Waals surface area contributed by atoms with Crippen LogP contribution in [0.25, 0.3) is 0 Å². The molecule has 1 heterocycles. The highest BCUT2D eigenvalue weighted by atomic mass is 16.5. The minimum absolute atomic E-state index is 0.169. The monoisotopic (exact) mass is 219 g/mol. The van der Waals surface area contributed by atoms with Crippen molar-refractivity contribution in [1.82, 2.24) is 0 Å². The van der Waals surface area contributed by atoms with Crippen molar-refractivity contribution in [1.29, 1.82) is 0 Å². The lowest BCUT2D eigenvalue weighted by Gasteiger charge is -2.29. The number of hydrogen-bond acceptors (Lipinski definition) is 2. The zero-order valence-corrected chi connectivity index (χ0v) is 10.6. The predicted molar refractivity (Wildman–Crippen MR) is 66.9 cm³/mol. The van der Waals surface area contributed by atoms with Crippen LogP contribution in [0.4, 0.5) is 0 Å². The number of rotatable bonds is 2. The van der Waals surface area contributed by atoms with Crippen LogP contribution in [0.1, 0.15) is 44.7 Å². The Balaban J connectivity index is 2.46. The minimum atomic E-state index is -0.239. The van der Waals surface area contributed by atoms with E-state index < -0.39 is 0 Å². The molecule has 0 aromatic heterocycles. The highest BCUT2D eigenvalue weighted by Gasteiger charge is 2.39. The molecule has 2 N–H and O–H groups in total. The third-order valence-corrected chi connectivity index (χ3v) is 3.40. The Morgan fingerprint density at radius 1 is 1.38 bits per heavy atom. The van der Waals surface area contributed by atoms with E-state index in [9.17, 15) is 0 Å². The first kappa shape index (κ1) is 11.5. The van der Waals surface area contributed by atoms with Gasteiger partial charge in [-0.3, -0.25) is 0 Å². The van der Waals surface area contributed by atoms with Gasteiger partial charge in [-0.15, -0.1) is 0 Å². The quantitative estimate of drug-likeness (QED) is 0.830. The molecule has 88 valence electrons.